The SMILES string of the molecule is C/C=C\CCCCC.C=C(CCCCCCC/C=C\S)Cc1cccc2c1C(CC1(C)CCCN1C)=CC2.CC. The van der Waals surface area contributed by atoms with Crippen LogP contribution in [0.1, 0.15) is 141 Å². The molecular formula is C38H63NS. The Kier molecular flexibility index (Phi) is 20.2. The number of nitrogens with zero attached hydrogens (tertiary/aromatic N) is 1. The number of hydrogen-bond donors (Lipinski definition) is 1. The van der Waals surface area contributed by atoms with Crippen molar-refractivity contribution in [3.8, 4) is 0 Å². The second-order valence-electron chi connectivity index (χ2n) is 11.8. The highest BCUT2D eigenvalue weighted by Crippen LogP contribution is 2.41. The summed E-state index contributed by atoms with van der Waals surface area (Å²) < 4.78 is 0. The standard InChI is InChI=1S/C28H41NS.C8H16.C2H6/c1-23(13-9-7-5-4-6-8-10-20-30)21-25-15-11-14-24-16-17-26(27(24)25)22-28(2)18-12-19-29(28)3;1-3-5-7-8-6-4-2;1-2/h10-11,14-15,17,20,30H,1,4-9,12-13,16,18-19,21-22H2,2-3H3;3,5H,4,6-8H2,1-2H3;1-2H3/b20-10-;5-3-;. The summed E-state index contributed by atoms with van der Waals surface area (Å²) in [6.45, 7) is 16.4. The average Bonchev–Trinajstić information content (AvgIpc) is 3.52. The molecule has 0 spiro atoms. The first-order valence-corrected chi connectivity index (χ1v) is 17.0. The summed E-state index contributed by atoms with van der Waals surface area (Å²) in [5.41, 5.74) is 7.88. The molecular weight excluding hydrogens is 502 g/mol. The molecule has 1 aromatic carbocycles. The summed E-state index contributed by atoms with van der Waals surface area (Å²) in [6.07, 6.45) is 29.2. The van der Waals surface area contributed by atoms with E-state index < -0.39 is 0 Å². The fourth-order valence-corrected chi connectivity index (χ4v) is 6.10. The van der Waals surface area contributed by atoms with E-state index in [-0.39, 0.29) is 0 Å². The third-order valence-electron chi connectivity index (χ3n) is 8.49. The Labute approximate surface area is 255 Å². The lowest BCUT2D eigenvalue weighted by Crippen LogP contribution is -2.38. The third kappa shape index (κ3) is 13.4. The maximum Gasteiger partial charge on any atom is 0.0219 e. The summed E-state index contributed by atoms with van der Waals surface area (Å²) in [5, 5.41) is 1.86. The second kappa shape index (κ2) is 22.1. The van der Waals surface area contributed by atoms with Crippen LogP contribution in [0.2, 0.25) is 0 Å². The molecule has 1 unspecified atom stereocenters. The van der Waals surface area contributed by atoms with Gasteiger partial charge in [-0.2, -0.15) is 12.6 Å². The summed E-state index contributed by atoms with van der Waals surface area (Å²) in [5.74, 6) is 0. The molecule has 2 aliphatic rings. The minimum atomic E-state index is 0.320. The lowest BCUT2D eigenvalue weighted by molar-refractivity contribution is 0.201. The van der Waals surface area contributed by atoms with Gasteiger partial charge in [0.1, 0.15) is 0 Å². The highest BCUT2D eigenvalue weighted by molar-refractivity contribution is 7.83. The summed E-state index contributed by atoms with van der Waals surface area (Å²) in [6, 6.07) is 6.93. The molecule has 0 aromatic heterocycles. The number of likely N-dealkylation sites (tertiary alicyclic amines) is 1. The molecule has 1 heterocycles. The molecule has 2 heteroatoms. The molecule has 0 bridgehead atoms. The van der Waals surface area contributed by atoms with Gasteiger partial charge in [-0.15, -0.1) is 0 Å². The zero-order valence-electron chi connectivity index (χ0n) is 27.2. The van der Waals surface area contributed by atoms with Crippen molar-refractivity contribution < 1.29 is 0 Å². The van der Waals surface area contributed by atoms with Gasteiger partial charge in [0.25, 0.3) is 0 Å². The van der Waals surface area contributed by atoms with Crippen molar-refractivity contribution in [3.05, 3.63) is 76.8 Å². The van der Waals surface area contributed by atoms with Crippen molar-refractivity contribution in [1.82, 2.24) is 4.90 Å². The van der Waals surface area contributed by atoms with Crippen LogP contribution in [0.4, 0.5) is 0 Å². The Morgan fingerprint density at radius 1 is 1.02 bits per heavy atom. The Balaban J connectivity index is 0.000000689. The Morgan fingerprint density at radius 3 is 2.40 bits per heavy atom. The van der Waals surface area contributed by atoms with Crippen LogP contribution in [0.25, 0.3) is 5.57 Å². The largest absolute Gasteiger partial charge is 0.301 e. The number of thiol groups is 1. The number of fused-ring (bicyclic) bond motifs is 1. The van der Waals surface area contributed by atoms with Crippen LogP contribution in [0, 0.1) is 0 Å². The smallest absolute Gasteiger partial charge is 0.0219 e. The summed E-state index contributed by atoms with van der Waals surface area (Å²) in [4.78, 5) is 2.57. The van der Waals surface area contributed by atoms with Crippen LogP contribution >= 0.6 is 12.6 Å². The van der Waals surface area contributed by atoms with E-state index in [4.69, 9.17) is 0 Å². The number of hydrogen-bond acceptors (Lipinski definition) is 2. The number of benzene rings is 1. The lowest BCUT2D eigenvalue weighted by atomic mass is 9.85. The first-order valence-electron chi connectivity index (χ1n) is 16.5. The van der Waals surface area contributed by atoms with E-state index in [0.717, 1.165) is 12.8 Å². The quantitative estimate of drug-likeness (QED) is 0.118. The van der Waals surface area contributed by atoms with Crippen LogP contribution in [-0.2, 0) is 12.8 Å². The molecule has 226 valence electrons. The van der Waals surface area contributed by atoms with Gasteiger partial charge in [0.2, 0.25) is 0 Å². The van der Waals surface area contributed by atoms with Gasteiger partial charge in [0, 0.05) is 5.54 Å². The zero-order chi connectivity index (χ0) is 29.6. The van der Waals surface area contributed by atoms with E-state index in [0.29, 0.717) is 5.54 Å². The van der Waals surface area contributed by atoms with Gasteiger partial charge in [-0.1, -0.05) is 108 Å². The monoisotopic (exact) mass is 565 g/mol. The Morgan fingerprint density at radius 2 is 1.73 bits per heavy atom. The van der Waals surface area contributed by atoms with E-state index in [9.17, 15) is 0 Å². The normalized spacial score (nSPS) is 18.3. The fourth-order valence-electron chi connectivity index (χ4n) is 5.95. The van der Waals surface area contributed by atoms with Crippen molar-refractivity contribution in [3.63, 3.8) is 0 Å². The first kappa shape index (κ1) is 36.5. The number of unbranched alkanes of at least 4 members (excludes halogenated alkanes) is 8. The predicted molar refractivity (Wildman–Crippen MR) is 187 cm³/mol. The maximum absolute atomic E-state index is 4.44. The summed E-state index contributed by atoms with van der Waals surface area (Å²) >= 11 is 4.11. The Bertz CT molecular complexity index is 908. The minimum absolute atomic E-state index is 0.320. The molecule has 0 amide bonds. The summed E-state index contributed by atoms with van der Waals surface area (Å²) in [7, 11) is 2.30. The third-order valence-corrected chi connectivity index (χ3v) is 8.70. The van der Waals surface area contributed by atoms with Crippen LogP contribution in [0.3, 0.4) is 0 Å². The van der Waals surface area contributed by atoms with Crippen LogP contribution in [-0.4, -0.2) is 24.0 Å². The van der Waals surface area contributed by atoms with Crippen LogP contribution < -0.4 is 0 Å². The van der Waals surface area contributed by atoms with Gasteiger partial charge < -0.3 is 4.90 Å². The van der Waals surface area contributed by atoms with Gasteiger partial charge in [0.05, 0.1) is 0 Å². The van der Waals surface area contributed by atoms with Crippen molar-refractivity contribution in [2.24, 2.45) is 0 Å². The topological polar surface area (TPSA) is 3.24 Å². The number of allylic oxidation sites excluding steroid dienone is 5. The van der Waals surface area contributed by atoms with Crippen LogP contribution in [0.15, 0.2) is 60.1 Å². The van der Waals surface area contributed by atoms with Gasteiger partial charge >= 0.3 is 0 Å². The van der Waals surface area contributed by atoms with Gasteiger partial charge in [-0.25, -0.2) is 0 Å². The van der Waals surface area contributed by atoms with Crippen molar-refractivity contribution >= 4 is 18.2 Å². The molecule has 1 fully saturated rings. The molecule has 1 saturated heterocycles. The van der Waals surface area contributed by atoms with E-state index in [2.05, 4.69) is 94.4 Å². The highest BCUT2D eigenvalue weighted by Gasteiger charge is 2.36. The molecule has 1 aliphatic carbocycles. The van der Waals surface area contributed by atoms with Gasteiger partial charge in [-0.05, 0) is 126 Å². The van der Waals surface area contributed by atoms with Gasteiger partial charge in [0.15, 0.2) is 0 Å². The van der Waals surface area contributed by atoms with Gasteiger partial charge in [-0.3, -0.25) is 0 Å². The highest BCUT2D eigenvalue weighted by atomic mass is 32.1. The van der Waals surface area contributed by atoms with Crippen molar-refractivity contribution in [1.29, 1.82) is 0 Å². The predicted octanol–water partition coefficient (Wildman–Crippen LogP) is 11.9. The van der Waals surface area contributed by atoms with Crippen molar-refractivity contribution in [2.45, 2.75) is 143 Å². The minimum Gasteiger partial charge on any atom is -0.301 e. The lowest BCUT2D eigenvalue weighted by Gasteiger charge is -2.33. The molecule has 1 atom stereocenters. The molecule has 1 aromatic rings. The van der Waals surface area contributed by atoms with Crippen LogP contribution in [0.5, 0.6) is 0 Å². The Hall–Kier alpha value is -1.51. The van der Waals surface area contributed by atoms with E-state index in [1.54, 1.807) is 11.1 Å². The zero-order valence-corrected chi connectivity index (χ0v) is 28.1. The maximum atomic E-state index is 4.44. The van der Waals surface area contributed by atoms with E-state index >= 15 is 0 Å². The van der Waals surface area contributed by atoms with E-state index in [1.807, 2.05) is 19.3 Å². The molecule has 0 N–H and O–H groups in total. The average molecular weight is 566 g/mol. The van der Waals surface area contributed by atoms with Crippen molar-refractivity contribution in [2.75, 3.05) is 13.6 Å². The molecule has 1 aliphatic heterocycles. The molecule has 3 rings (SSSR count). The fraction of sp³-hybridized carbons (Fsp3) is 0.632. The first-order chi connectivity index (χ1) is 19.4. The molecule has 0 saturated carbocycles. The second-order valence-corrected chi connectivity index (χ2v) is 12.1. The number of rotatable bonds is 16. The van der Waals surface area contributed by atoms with E-state index in [1.165, 1.54) is 113 Å². The molecule has 1 nitrogen and oxygen atoms in total. The molecule has 0 radical (unpaired) electrons. The molecule has 40 heavy (non-hydrogen) atoms.